The number of aliphatic hydroxyl groups excluding tert-OH is 2. The van der Waals surface area contributed by atoms with Crippen LogP contribution in [0.25, 0.3) is 0 Å². The third kappa shape index (κ3) is 2.35. The van der Waals surface area contributed by atoms with Gasteiger partial charge in [-0.15, -0.1) is 0 Å². The molecule has 1 aromatic rings. The Labute approximate surface area is 95.1 Å². The minimum absolute atomic E-state index is 0.0606. The monoisotopic (exact) mass is 223 g/mol. The van der Waals surface area contributed by atoms with E-state index in [1.807, 2.05) is 35.2 Å². The molecule has 1 heterocycles. The molecule has 0 bridgehead atoms. The lowest BCUT2D eigenvalue weighted by Gasteiger charge is -2.31. The fraction of sp³-hybridized carbons (Fsp3) is 0.500. The minimum Gasteiger partial charge on any atom is -0.395 e. The molecule has 1 fully saturated rings. The van der Waals surface area contributed by atoms with Gasteiger partial charge in [0, 0.05) is 12.2 Å². The van der Waals surface area contributed by atoms with E-state index in [1.54, 1.807) is 0 Å². The van der Waals surface area contributed by atoms with E-state index in [9.17, 15) is 5.11 Å². The van der Waals surface area contributed by atoms with Gasteiger partial charge in [0.25, 0.3) is 0 Å². The summed E-state index contributed by atoms with van der Waals surface area (Å²) in [5.74, 6) is 0. The van der Waals surface area contributed by atoms with E-state index in [2.05, 4.69) is 0 Å². The van der Waals surface area contributed by atoms with Gasteiger partial charge in [-0.25, -0.2) is 0 Å². The Morgan fingerprint density at radius 1 is 1.25 bits per heavy atom. The molecule has 0 radical (unpaired) electrons. The minimum atomic E-state index is -0.480. The van der Waals surface area contributed by atoms with Gasteiger partial charge in [0.1, 0.15) is 0 Å². The fourth-order valence-electron chi connectivity index (χ4n) is 2.04. The number of rotatable bonds is 4. The van der Waals surface area contributed by atoms with Crippen molar-refractivity contribution in [3.8, 4) is 0 Å². The molecule has 2 atom stereocenters. The maximum Gasteiger partial charge on any atom is 0.0998 e. The molecule has 0 spiro atoms. The van der Waals surface area contributed by atoms with Crippen molar-refractivity contribution in [2.24, 2.45) is 0 Å². The Bertz CT molecular complexity index is 317. The van der Waals surface area contributed by atoms with E-state index in [-0.39, 0.29) is 12.6 Å². The quantitative estimate of drug-likeness (QED) is 0.768. The van der Waals surface area contributed by atoms with Gasteiger partial charge in [0.2, 0.25) is 0 Å². The van der Waals surface area contributed by atoms with Crippen molar-refractivity contribution in [1.29, 1.82) is 0 Å². The number of aliphatic hydroxyl groups is 2. The largest absolute Gasteiger partial charge is 0.395 e. The standard InChI is InChI=1S/C12H17NO3/c14-7-6-13(10-4-2-1-3-5-10)11-8-16-9-12(11)15/h1-5,11-12,14-15H,6-9H2/t11-,12-/m1/s1. The van der Waals surface area contributed by atoms with Gasteiger partial charge in [-0.2, -0.15) is 0 Å². The van der Waals surface area contributed by atoms with Crippen LogP contribution in [0.3, 0.4) is 0 Å². The lowest BCUT2D eigenvalue weighted by atomic mass is 10.1. The molecule has 16 heavy (non-hydrogen) atoms. The van der Waals surface area contributed by atoms with Gasteiger partial charge in [-0.05, 0) is 12.1 Å². The van der Waals surface area contributed by atoms with E-state index in [4.69, 9.17) is 9.84 Å². The van der Waals surface area contributed by atoms with Crippen LogP contribution in [-0.2, 0) is 4.74 Å². The Morgan fingerprint density at radius 2 is 2.00 bits per heavy atom. The van der Waals surface area contributed by atoms with E-state index in [1.165, 1.54) is 0 Å². The Balaban J connectivity index is 2.16. The Kier molecular flexibility index (Phi) is 3.77. The zero-order valence-electron chi connectivity index (χ0n) is 9.12. The number of para-hydroxylation sites is 1. The predicted octanol–water partition coefficient (Wildman–Crippen LogP) is 0.245. The molecule has 2 N–H and O–H groups in total. The zero-order valence-corrected chi connectivity index (χ0v) is 9.12. The maximum atomic E-state index is 9.80. The average Bonchev–Trinajstić information content (AvgIpc) is 2.73. The molecule has 0 saturated carbocycles. The summed E-state index contributed by atoms with van der Waals surface area (Å²) in [6.45, 7) is 1.46. The predicted molar refractivity (Wildman–Crippen MR) is 61.5 cm³/mol. The van der Waals surface area contributed by atoms with Crippen LogP contribution in [0.15, 0.2) is 30.3 Å². The van der Waals surface area contributed by atoms with Crippen molar-refractivity contribution in [2.75, 3.05) is 31.3 Å². The summed E-state index contributed by atoms with van der Waals surface area (Å²) >= 11 is 0. The first kappa shape index (κ1) is 11.4. The molecule has 2 rings (SSSR count). The maximum absolute atomic E-state index is 9.80. The summed E-state index contributed by atoms with van der Waals surface area (Å²) in [5, 5.41) is 18.9. The lowest BCUT2D eigenvalue weighted by molar-refractivity contribution is 0.124. The molecule has 88 valence electrons. The molecule has 1 saturated heterocycles. The Hall–Kier alpha value is -1.10. The molecule has 0 unspecified atom stereocenters. The average molecular weight is 223 g/mol. The molecular weight excluding hydrogens is 206 g/mol. The number of nitrogens with zero attached hydrogens (tertiary/aromatic N) is 1. The number of hydrogen-bond acceptors (Lipinski definition) is 4. The highest BCUT2D eigenvalue weighted by Gasteiger charge is 2.31. The molecule has 4 nitrogen and oxygen atoms in total. The number of ether oxygens (including phenoxy) is 1. The van der Waals surface area contributed by atoms with E-state index in [0.29, 0.717) is 19.8 Å². The molecular formula is C12H17NO3. The van der Waals surface area contributed by atoms with Gasteiger partial charge in [0.05, 0.1) is 32.0 Å². The second-order valence-electron chi connectivity index (χ2n) is 3.92. The van der Waals surface area contributed by atoms with Gasteiger partial charge in [-0.1, -0.05) is 18.2 Å². The van der Waals surface area contributed by atoms with E-state index < -0.39 is 6.10 Å². The zero-order chi connectivity index (χ0) is 11.4. The molecule has 0 amide bonds. The summed E-state index contributed by atoms with van der Waals surface area (Å²) in [5.41, 5.74) is 1.01. The van der Waals surface area contributed by atoms with Gasteiger partial charge in [0.15, 0.2) is 0 Å². The van der Waals surface area contributed by atoms with Crippen LogP contribution in [0, 0.1) is 0 Å². The van der Waals surface area contributed by atoms with Crippen molar-refractivity contribution < 1.29 is 14.9 Å². The summed E-state index contributed by atoms with van der Waals surface area (Å²) < 4.78 is 5.24. The van der Waals surface area contributed by atoms with Crippen molar-refractivity contribution in [2.45, 2.75) is 12.1 Å². The van der Waals surface area contributed by atoms with E-state index in [0.717, 1.165) is 5.69 Å². The van der Waals surface area contributed by atoms with Gasteiger partial charge >= 0.3 is 0 Å². The highest BCUT2D eigenvalue weighted by Crippen LogP contribution is 2.21. The van der Waals surface area contributed by atoms with Crippen LogP contribution in [0.5, 0.6) is 0 Å². The molecule has 0 aromatic heterocycles. The van der Waals surface area contributed by atoms with Crippen molar-refractivity contribution in [1.82, 2.24) is 0 Å². The number of anilines is 1. The van der Waals surface area contributed by atoms with Crippen molar-refractivity contribution in [3.05, 3.63) is 30.3 Å². The Morgan fingerprint density at radius 3 is 2.56 bits per heavy atom. The summed E-state index contributed by atoms with van der Waals surface area (Å²) in [6.07, 6.45) is -0.480. The normalized spacial score (nSPS) is 24.6. The highest BCUT2D eigenvalue weighted by atomic mass is 16.5. The lowest BCUT2D eigenvalue weighted by Crippen LogP contribution is -2.44. The topological polar surface area (TPSA) is 52.9 Å². The number of benzene rings is 1. The molecule has 1 aliphatic rings. The van der Waals surface area contributed by atoms with Crippen molar-refractivity contribution in [3.63, 3.8) is 0 Å². The first-order chi connectivity index (χ1) is 7.83. The van der Waals surface area contributed by atoms with Crippen molar-refractivity contribution >= 4 is 5.69 Å². The van der Waals surface area contributed by atoms with E-state index >= 15 is 0 Å². The van der Waals surface area contributed by atoms with Crippen LogP contribution >= 0.6 is 0 Å². The molecule has 1 aromatic carbocycles. The fourth-order valence-corrected chi connectivity index (χ4v) is 2.04. The highest BCUT2D eigenvalue weighted by molar-refractivity contribution is 5.47. The van der Waals surface area contributed by atoms with Crippen LogP contribution in [0.4, 0.5) is 5.69 Å². The first-order valence-corrected chi connectivity index (χ1v) is 5.51. The molecule has 1 aliphatic heterocycles. The smallest absolute Gasteiger partial charge is 0.0998 e. The SMILES string of the molecule is OCCN(c1ccccc1)[C@@H]1COC[C@H]1O. The van der Waals surface area contributed by atoms with Crippen LogP contribution in [0.2, 0.25) is 0 Å². The second-order valence-corrected chi connectivity index (χ2v) is 3.92. The molecule has 4 heteroatoms. The van der Waals surface area contributed by atoms with Crippen LogP contribution in [-0.4, -0.2) is 48.7 Å². The summed E-state index contributed by atoms with van der Waals surface area (Å²) in [6, 6.07) is 9.72. The van der Waals surface area contributed by atoms with Crippen LogP contribution < -0.4 is 4.90 Å². The first-order valence-electron chi connectivity index (χ1n) is 5.51. The summed E-state index contributed by atoms with van der Waals surface area (Å²) in [7, 11) is 0. The van der Waals surface area contributed by atoms with Crippen LogP contribution in [0.1, 0.15) is 0 Å². The summed E-state index contributed by atoms with van der Waals surface area (Å²) in [4.78, 5) is 2.00. The third-order valence-electron chi connectivity index (χ3n) is 2.85. The van der Waals surface area contributed by atoms with Gasteiger partial charge in [-0.3, -0.25) is 0 Å². The molecule has 0 aliphatic carbocycles. The second kappa shape index (κ2) is 5.30. The number of hydrogen-bond donors (Lipinski definition) is 2. The van der Waals surface area contributed by atoms with Gasteiger partial charge < -0.3 is 19.8 Å². The third-order valence-corrected chi connectivity index (χ3v) is 2.85.